The third kappa shape index (κ3) is 4.53. The molecule has 0 aromatic carbocycles. The fourth-order valence-electron chi connectivity index (χ4n) is 3.84. The van der Waals surface area contributed by atoms with Crippen LogP contribution in [0.25, 0.3) is 11.0 Å². The fraction of sp³-hybridized carbons (Fsp3) is 0.619. The highest BCUT2D eigenvalue weighted by Crippen LogP contribution is 2.29. The second kappa shape index (κ2) is 8.41. The van der Waals surface area contributed by atoms with Crippen molar-refractivity contribution in [1.29, 1.82) is 0 Å². The standard InChI is InChI=1S/C21H30ClN5O3/c1-7-8-14-12-26(13(2)11-27(14)20(29)30-21(3,4)5)18-17-15(9-10-16(22)23-17)25(6)19(28)24-18/h9-10,13-14H,7-8,11-12H2,1-6H3. The molecule has 9 heteroatoms. The lowest BCUT2D eigenvalue weighted by molar-refractivity contribution is 0.00999. The first-order valence-corrected chi connectivity index (χ1v) is 10.7. The Kier molecular flexibility index (Phi) is 6.26. The molecule has 2 aromatic heterocycles. The van der Waals surface area contributed by atoms with Crippen molar-refractivity contribution in [1.82, 2.24) is 19.4 Å². The fourth-order valence-corrected chi connectivity index (χ4v) is 3.99. The van der Waals surface area contributed by atoms with Gasteiger partial charge in [0.15, 0.2) is 5.82 Å². The van der Waals surface area contributed by atoms with E-state index in [2.05, 4.69) is 21.8 Å². The Hall–Kier alpha value is -2.35. The smallest absolute Gasteiger partial charge is 0.410 e. The van der Waals surface area contributed by atoms with Crippen LogP contribution >= 0.6 is 11.6 Å². The van der Waals surface area contributed by atoms with Crippen molar-refractivity contribution in [2.24, 2.45) is 7.05 Å². The maximum atomic E-state index is 12.8. The van der Waals surface area contributed by atoms with E-state index in [0.717, 1.165) is 12.8 Å². The van der Waals surface area contributed by atoms with Gasteiger partial charge in [-0.1, -0.05) is 24.9 Å². The number of pyridine rings is 1. The van der Waals surface area contributed by atoms with Gasteiger partial charge in [0.2, 0.25) is 0 Å². The van der Waals surface area contributed by atoms with Crippen LogP contribution in [0.3, 0.4) is 0 Å². The summed E-state index contributed by atoms with van der Waals surface area (Å²) < 4.78 is 7.10. The molecule has 8 nitrogen and oxygen atoms in total. The average Bonchev–Trinajstić information content (AvgIpc) is 2.64. The molecule has 30 heavy (non-hydrogen) atoms. The van der Waals surface area contributed by atoms with Gasteiger partial charge in [-0.05, 0) is 46.2 Å². The summed E-state index contributed by atoms with van der Waals surface area (Å²) in [6.07, 6.45) is 1.43. The Morgan fingerprint density at radius 3 is 2.60 bits per heavy atom. The van der Waals surface area contributed by atoms with E-state index in [4.69, 9.17) is 16.3 Å². The van der Waals surface area contributed by atoms with Crippen LogP contribution in [0.15, 0.2) is 16.9 Å². The minimum Gasteiger partial charge on any atom is -0.444 e. The van der Waals surface area contributed by atoms with Crippen LogP contribution in [0, 0.1) is 0 Å². The molecular weight excluding hydrogens is 406 g/mol. The van der Waals surface area contributed by atoms with Gasteiger partial charge < -0.3 is 14.5 Å². The van der Waals surface area contributed by atoms with Gasteiger partial charge in [0.1, 0.15) is 16.3 Å². The molecule has 2 unspecified atom stereocenters. The maximum absolute atomic E-state index is 12.8. The number of hydrogen-bond acceptors (Lipinski definition) is 6. The van der Waals surface area contributed by atoms with E-state index in [1.165, 1.54) is 4.57 Å². The van der Waals surface area contributed by atoms with Crippen molar-refractivity contribution in [2.75, 3.05) is 18.0 Å². The molecular formula is C21H30ClN5O3. The summed E-state index contributed by atoms with van der Waals surface area (Å²) in [5, 5.41) is 0.342. The molecule has 2 atom stereocenters. The lowest BCUT2D eigenvalue weighted by Gasteiger charge is -2.46. The molecule has 2 aromatic rings. The summed E-state index contributed by atoms with van der Waals surface area (Å²) in [7, 11) is 1.67. The number of nitrogens with zero attached hydrogens (tertiary/aromatic N) is 5. The third-order valence-corrected chi connectivity index (χ3v) is 5.48. The highest BCUT2D eigenvalue weighted by atomic mass is 35.5. The van der Waals surface area contributed by atoms with Gasteiger partial charge in [0.05, 0.1) is 11.6 Å². The molecule has 3 rings (SSSR count). The predicted octanol–water partition coefficient (Wildman–Crippen LogP) is 3.60. The highest BCUT2D eigenvalue weighted by Gasteiger charge is 2.37. The normalized spacial score (nSPS) is 20.0. The second-order valence-corrected chi connectivity index (χ2v) is 9.24. The largest absolute Gasteiger partial charge is 0.444 e. The van der Waals surface area contributed by atoms with Crippen molar-refractivity contribution in [2.45, 2.75) is 65.1 Å². The molecule has 0 N–H and O–H groups in total. The number of fused-ring (bicyclic) bond motifs is 1. The predicted molar refractivity (Wildman–Crippen MR) is 118 cm³/mol. The molecule has 0 bridgehead atoms. The zero-order valence-corrected chi connectivity index (χ0v) is 19.2. The van der Waals surface area contributed by atoms with E-state index in [0.29, 0.717) is 35.1 Å². The molecule has 3 heterocycles. The summed E-state index contributed by atoms with van der Waals surface area (Å²) >= 11 is 6.15. The Morgan fingerprint density at radius 2 is 1.97 bits per heavy atom. The number of hydrogen-bond donors (Lipinski definition) is 0. The topological polar surface area (TPSA) is 80.6 Å². The summed E-state index contributed by atoms with van der Waals surface area (Å²) in [4.78, 5) is 38.0. The summed E-state index contributed by atoms with van der Waals surface area (Å²) in [5.74, 6) is 0.507. The SMILES string of the molecule is CCCC1CN(c2nc(=O)n(C)c3ccc(Cl)nc23)C(C)CN1C(=O)OC(C)(C)C. The number of rotatable bonds is 3. The Balaban J connectivity index is 2.01. The molecule has 1 saturated heterocycles. The zero-order valence-electron chi connectivity index (χ0n) is 18.5. The number of aryl methyl sites for hydroxylation is 1. The van der Waals surface area contributed by atoms with Gasteiger partial charge in [-0.15, -0.1) is 0 Å². The minimum atomic E-state index is -0.557. The van der Waals surface area contributed by atoms with Crippen molar-refractivity contribution < 1.29 is 9.53 Å². The van der Waals surface area contributed by atoms with E-state index in [9.17, 15) is 9.59 Å². The monoisotopic (exact) mass is 435 g/mol. The van der Waals surface area contributed by atoms with E-state index in [-0.39, 0.29) is 23.9 Å². The quantitative estimate of drug-likeness (QED) is 0.685. The van der Waals surface area contributed by atoms with Crippen molar-refractivity contribution >= 4 is 34.5 Å². The van der Waals surface area contributed by atoms with Gasteiger partial charge in [0.25, 0.3) is 0 Å². The highest BCUT2D eigenvalue weighted by molar-refractivity contribution is 6.29. The molecule has 1 aliphatic rings. The number of ether oxygens (including phenoxy) is 1. The lowest BCUT2D eigenvalue weighted by Crippen LogP contribution is -2.60. The van der Waals surface area contributed by atoms with Crippen molar-refractivity contribution in [3.63, 3.8) is 0 Å². The van der Waals surface area contributed by atoms with E-state index in [1.807, 2.05) is 27.7 Å². The van der Waals surface area contributed by atoms with Gasteiger partial charge in [-0.2, -0.15) is 4.98 Å². The van der Waals surface area contributed by atoms with E-state index >= 15 is 0 Å². The van der Waals surface area contributed by atoms with Crippen molar-refractivity contribution in [3.8, 4) is 0 Å². The van der Waals surface area contributed by atoms with Crippen molar-refractivity contribution in [3.05, 3.63) is 27.8 Å². The van der Waals surface area contributed by atoms with Gasteiger partial charge >= 0.3 is 11.8 Å². The number of carbonyl (C=O) groups is 1. The Bertz CT molecular complexity index is 1000. The van der Waals surface area contributed by atoms with Gasteiger partial charge in [-0.3, -0.25) is 4.57 Å². The molecule has 0 radical (unpaired) electrons. The molecule has 0 aliphatic carbocycles. The number of anilines is 1. The first kappa shape index (κ1) is 22.3. The Labute approximate surface area is 181 Å². The van der Waals surface area contributed by atoms with E-state index < -0.39 is 5.60 Å². The lowest BCUT2D eigenvalue weighted by atomic mass is 10.0. The molecule has 0 saturated carbocycles. The second-order valence-electron chi connectivity index (χ2n) is 8.86. The number of amides is 1. The molecule has 1 fully saturated rings. The minimum absolute atomic E-state index is 0.0545. The van der Waals surface area contributed by atoms with Crippen LogP contribution in [0.5, 0.6) is 0 Å². The van der Waals surface area contributed by atoms with E-state index in [1.54, 1.807) is 24.1 Å². The van der Waals surface area contributed by atoms with Crippen LogP contribution in [0.2, 0.25) is 5.15 Å². The summed E-state index contributed by atoms with van der Waals surface area (Å²) in [6.45, 7) is 10.7. The molecule has 1 amide bonds. The summed E-state index contributed by atoms with van der Waals surface area (Å²) in [6, 6.07) is 3.31. The number of carbonyl (C=O) groups excluding carboxylic acids is 1. The Morgan fingerprint density at radius 1 is 1.27 bits per heavy atom. The third-order valence-electron chi connectivity index (χ3n) is 5.26. The number of halogens is 1. The van der Waals surface area contributed by atoms with Crippen LogP contribution in [0.1, 0.15) is 47.5 Å². The van der Waals surface area contributed by atoms with Gasteiger partial charge in [-0.25, -0.2) is 14.6 Å². The van der Waals surface area contributed by atoms with Gasteiger partial charge in [0, 0.05) is 26.2 Å². The molecule has 0 spiro atoms. The van der Waals surface area contributed by atoms with Crippen LogP contribution in [0.4, 0.5) is 10.6 Å². The molecule has 164 valence electrons. The zero-order chi connectivity index (χ0) is 22.2. The maximum Gasteiger partial charge on any atom is 0.410 e. The first-order valence-electron chi connectivity index (χ1n) is 10.3. The number of piperazine rings is 1. The van der Waals surface area contributed by atoms with Crippen LogP contribution in [-0.2, 0) is 11.8 Å². The number of aromatic nitrogens is 3. The first-order chi connectivity index (χ1) is 14.0. The van der Waals surface area contributed by atoms with Crippen LogP contribution in [-0.4, -0.2) is 56.3 Å². The average molecular weight is 436 g/mol. The molecule has 1 aliphatic heterocycles. The van der Waals surface area contributed by atoms with Crippen LogP contribution < -0.4 is 10.6 Å². The summed E-state index contributed by atoms with van der Waals surface area (Å²) in [5.41, 5.74) is 0.342.